The molecule has 0 saturated carbocycles. The van der Waals surface area contributed by atoms with Crippen molar-refractivity contribution in [2.24, 2.45) is 5.73 Å². The van der Waals surface area contributed by atoms with Gasteiger partial charge in [0.05, 0.1) is 13.7 Å². The number of nitrogen functional groups attached to an aromatic ring is 1. The molecule has 0 aliphatic carbocycles. The lowest BCUT2D eigenvalue weighted by molar-refractivity contribution is -0.132. The molecule has 0 unspecified atom stereocenters. The SMILES string of the molecule is CCc1c(Br)cc(OC(=O)CNc2ccc(C(=N)N)cc2)c(OCCO)c1OC. The van der Waals surface area contributed by atoms with Crippen molar-refractivity contribution in [2.45, 2.75) is 13.3 Å². The first-order valence-electron chi connectivity index (χ1n) is 8.93. The number of rotatable bonds is 10. The Morgan fingerprint density at radius 3 is 2.52 bits per heavy atom. The van der Waals surface area contributed by atoms with Gasteiger partial charge < -0.3 is 30.4 Å². The highest BCUT2D eigenvalue weighted by atomic mass is 79.9. The van der Waals surface area contributed by atoms with Crippen LogP contribution in [0.4, 0.5) is 5.69 Å². The van der Waals surface area contributed by atoms with Crippen LogP contribution in [0.3, 0.4) is 0 Å². The van der Waals surface area contributed by atoms with E-state index in [2.05, 4.69) is 21.2 Å². The Morgan fingerprint density at radius 1 is 1.28 bits per heavy atom. The number of nitrogens with two attached hydrogens (primary N) is 1. The second-order valence-corrected chi connectivity index (χ2v) is 6.80. The van der Waals surface area contributed by atoms with E-state index in [1.54, 1.807) is 30.3 Å². The summed E-state index contributed by atoms with van der Waals surface area (Å²) >= 11 is 3.47. The number of hydrogen-bond acceptors (Lipinski definition) is 7. The maximum absolute atomic E-state index is 12.4. The van der Waals surface area contributed by atoms with Crippen molar-refractivity contribution in [1.29, 1.82) is 5.41 Å². The smallest absolute Gasteiger partial charge is 0.330 e. The van der Waals surface area contributed by atoms with Crippen molar-refractivity contribution in [3.8, 4) is 17.2 Å². The third-order valence-corrected chi connectivity index (χ3v) is 4.71. The van der Waals surface area contributed by atoms with E-state index in [9.17, 15) is 4.79 Å². The van der Waals surface area contributed by atoms with Crippen molar-refractivity contribution < 1.29 is 24.1 Å². The number of halogens is 1. The number of amidine groups is 1. The van der Waals surface area contributed by atoms with Gasteiger partial charge >= 0.3 is 5.97 Å². The van der Waals surface area contributed by atoms with Crippen molar-refractivity contribution in [3.63, 3.8) is 0 Å². The highest BCUT2D eigenvalue weighted by Gasteiger charge is 2.21. The van der Waals surface area contributed by atoms with Gasteiger partial charge in [0.15, 0.2) is 11.5 Å². The van der Waals surface area contributed by atoms with Crippen LogP contribution in [0.15, 0.2) is 34.8 Å². The number of ether oxygens (including phenoxy) is 3. The summed E-state index contributed by atoms with van der Waals surface area (Å²) in [6, 6.07) is 8.45. The lowest BCUT2D eigenvalue weighted by Crippen LogP contribution is -2.20. The van der Waals surface area contributed by atoms with Gasteiger partial charge in [-0.15, -0.1) is 0 Å². The average molecular weight is 466 g/mol. The summed E-state index contributed by atoms with van der Waals surface area (Å²) < 4.78 is 17.2. The largest absolute Gasteiger partial charge is 0.492 e. The number of anilines is 1. The van der Waals surface area contributed by atoms with E-state index in [0.717, 1.165) is 10.0 Å². The van der Waals surface area contributed by atoms with E-state index in [1.807, 2.05) is 6.92 Å². The molecule has 0 spiro atoms. The van der Waals surface area contributed by atoms with Gasteiger partial charge in [-0.25, -0.2) is 4.79 Å². The molecule has 29 heavy (non-hydrogen) atoms. The number of hydrogen-bond donors (Lipinski definition) is 4. The van der Waals surface area contributed by atoms with Crippen LogP contribution in [-0.4, -0.2) is 43.8 Å². The number of benzene rings is 2. The second kappa shape index (κ2) is 10.7. The summed E-state index contributed by atoms with van der Waals surface area (Å²) in [5.41, 5.74) is 7.57. The van der Waals surface area contributed by atoms with E-state index < -0.39 is 5.97 Å². The summed E-state index contributed by atoms with van der Waals surface area (Å²) in [4.78, 5) is 12.4. The second-order valence-electron chi connectivity index (χ2n) is 5.94. The third-order valence-electron chi connectivity index (χ3n) is 4.00. The van der Waals surface area contributed by atoms with Gasteiger partial charge in [-0.1, -0.05) is 22.9 Å². The molecule has 2 aromatic rings. The van der Waals surface area contributed by atoms with Crippen LogP contribution in [0, 0.1) is 5.41 Å². The minimum atomic E-state index is -0.535. The van der Waals surface area contributed by atoms with Crippen LogP contribution < -0.4 is 25.3 Å². The molecule has 0 atom stereocenters. The minimum Gasteiger partial charge on any atom is -0.492 e. The monoisotopic (exact) mass is 465 g/mol. The molecule has 0 aromatic heterocycles. The average Bonchev–Trinajstić information content (AvgIpc) is 2.71. The Balaban J connectivity index is 2.15. The fourth-order valence-electron chi connectivity index (χ4n) is 2.63. The lowest BCUT2D eigenvalue weighted by atomic mass is 10.1. The zero-order chi connectivity index (χ0) is 21.4. The summed E-state index contributed by atoms with van der Waals surface area (Å²) in [5.74, 6) is 0.346. The molecule has 2 aromatic carbocycles. The van der Waals surface area contributed by atoms with Crippen LogP contribution in [0.5, 0.6) is 17.2 Å². The number of carbonyl (C=O) groups excluding carboxylic acids is 1. The molecule has 9 heteroatoms. The molecular formula is C20H24BrN3O5. The summed E-state index contributed by atoms with van der Waals surface area (Å²) in [7, 11) is 1.50. The van der Waals surface area contributed by atoms with E-state index >= 15 is 0 Å². The van der Waals surface area contributed by atoms with E-state index in [-0.39, 0.29) is 37.1 Å². The third kappa shape index (κ3) is 5.85. The van der Waals surface area contributed by atoms with E-state index in [1.165, 1.54) is 7.11 Å². The molecule has 156 valence electrons. The first kappa shape index (κ1) is 22.5. The van der Waals surface area contributed by atoms with Crippen LogP contribution in [0.25, 0.3) is 0 Å². The van der Waals surface area contributed by atoms with E-state index in [0.29, 0.717) is 23.4 Å². The maximum Gasteiger partial charge on any atom is 0.330 e. The zero-order valence-electron chi connectivity index (χ0n) is 16.3. The summed E-state index contributed by atoms with van der Waals surface area (Å²) in [5, 5.41) is 19.4. The first-order valence-corrected chi connectivity index (χ1v) is 9.72. The Morgan fingerprint density at radius 2 is 1.97 bits per heavy atom. The Kier molecular flexibility index (Phi) is 8.29. The predicted molar refractivity (Wildman–Crippen MR) is 114 cm³/mol. The standard InChI is InChI=1S/C20H24BrN3O5/c1-3-14-15(21)10-16(19(18(14)27-2)28-9-8-25)29-17(26)11-24-13-6-4-12(5-7-13)20(22)23/h4-7,10,24-25H,3,8-9,11H2,1-2H3,(H3,22,23). The molecule has 0 aliphatic heterocycles. The molecule has 5 N–H and O–H groups in total. The van der Waals surface area contributed by atoms with Gasteiger partial charge in [0, 0.05) is 21.3 Å². The quantitative estimate of drug-likeness (QED) is 0.184. The van der Waals surface area contributed by atoms with Gasteiger partial charge in [0.1, 0.15) is 19.0 Å². The predicted octanol–water partition coefficient (Wildman–Crippen LogP) is 2.69. The number of nitrogens with one attached hydrogen (secondary N) is 2. The highest BCUT2D eigenvalue weighted by molar-refractivity contribution is 9.10. The van der Waals surface area contributed by atoms with E-state index in [4.69, 9.17) is 30.5 Å². The molecule has 0 saturated heterocycles. The van der Waals surface area contributed by atoms with Gasteiger partial charge in [0.2, 0.25) is 5.75 Å². The van der Waals surface area contributed by atoms with Crippen molar-refractivity contribution in [1.82, 2.24) is 0 Å². The normalized spacial score (nSPS) is 10.3. The Bertz CT molecular complexity index is 871. The fourth-order valence-corrected chi connectivity index (χ4v) is 3.30. The summed E-state index contributed by atoms with van der Waals surface area (Å²) in [6.45, 7) is 1.72. The molecule has 2 rings (SSSR count). The highest BCUT2D eigenvalue weighted by Crippen LogP contribution is 2.44. The molecule has 0 aliphatic rings. The molecule has 0 bridgehead atoms. The number of carbonyl (C=O) groups is 1. The number of esters is 1. The van der Waals surface area contributed by atoms with Crippen molar-refractivity contribution >= 4 is 33.4 Å². The molecular weight excluding hydrogens is 442 g/mol. The molecule has 0 amide bonds. The van der Waals surface area contributed by atoms with Crippen LogP contribution >= 0.6 is 15.9 Å². The van der Waals surface area contributed by atoms with Gasteiger partial charge in [0.25, 0.3) is 0 Å². The van der Waals surface area contributed by atoms with Crippen LogP contribution in [0.1, 0.15) is 18.1 Å². The van der Waals surface area contributed by atoms with Crippen LogP contribution in [0.2, 0.25) is 0 Å². The van der Waals surface area contributed by atoms with Gasteiger partial charge in [-0.05, 0) is 36.8 Å². The van der Waals surface area contributed by atoms with Gasteiger partial charge in [-0.3, -0.25) is 5.41 Å². The number of aliphatic hydroxyl groups is 1. The summed E-state index contributed by atoms with van der Waals surface area (Å²) in [6.07, 6.45) is 0.672. The molecule has 8 nitrogen and oxygen atoms in total. The lowest BCUT2D eigenvalue weighted by Gasteiger charge is -2.18. The molecule has 0 radical (unpaired) electrons. The minimum absolute atomic E-state index is 0.0265. The number of methoxy groups -OCH3 is 1. The van der Waals surface area contributed by atoms with Crippen LogP contribution in [-0.2, 0) is 11.2 Å². The Hall–Kier alpha value is -2.78. The van der Waals surface area contributed by atoms with Crippen molar-refractivity contribution in [3.05, 3.63) is 45.9 Å². The maximum atomic E-state index is 12.4. The van der Waals surface area contributed by atoms with Crippen molar-refractivity contribution in [2.75, 3.05) is 32.2 Å². The molecule has 0 fully saturated rings. The fraction of sp³-hybridized carbons (Fsp3) is 0.300. The first-order chi connectivity index (χ1) is 13.9. The number of aliphatic hydroxyl groups excluding tert-OH is 1. The molecule has 0 heterocycles. The topological polar surface area (TPSA) is 127 Å². The Labute approximate surface area is 177 Å². The zero-order valence-corrected chi connectivity index (χ0v) is 17.8. The van der Waals surface area contributed by atoms with Gasteiger partial charge in [-0.2, -0.15) is 0 Å².